The van der Waals surface area contributed by atoms with Gasteiger partial charge in [-0.25, -0.2) is 0 Å². The van der Waals surface area contributed by atoms with Gasteiger partial charge < -0.3 is 5.32 Å². The topological polar surface area (TPSA) is 46.9 Å². The Labute approximate surface area is 137 Å². The van der Waals surface area contributed by atoms with Crippen molar-refractivity contribution in [1.29, 1.82) is 0 Å². The van der Waals surface area contributed by atoms with Crippen LogP contribution in [0.15, 0.2) is 30.5 Å². The highest BCUT2D eigenvalue weighted by molar-refractivity contribution is 5.95. The van der Waals surface area contributed by atoms with Crippen molar-refractivity contribution in [2.75, 3.05) is 0 Å². The van der Waals surface area contributed by atoms with Gasteiger partial charge in [0.15, 0.2) is 5.69 Å². The van der Waals surface area contributed by atoms with Crippen LogP contribution in [-0.4, -0.2) is 15.7 Å². The van der Waals surface area contributed by atoms with Crippen molar-refractivity contribution in [3.63, 3.8) is 0 Å². The number of hydrogen-bond donors (Lipinski definition) is 1. The van der Waals surface area contributed by atoms with E-state index < -0.39 is 29.4 Å². The fraction of sp³-hybridized carbons (Fsp3) is 0.412. The molecule has 2 aromatic rings. The monoisotopic (exact) mass is 337 g/mol. The van der Waals surface area contributed by atoms with Gasteiger partial charge in [0, 0.05) is 6.04 Å². The Bertz CT molecular complexity index is 765. The molecule has 0 radical (unpaired) electrons. The number of aromatic nitrogens is 2. The molecular weight excluding hydrogens is 319 g/mol. The van der Waals surface area contributed by atoms with E-state index in [2.05, 4.69) is 10.4 Å². The molecule has 0 aliphatic heterocycles. The van der Waals surface area contributed by atoms with Gasteiger partial charge in [-0.15, -0.1) is 0 Å². The predicted octanol–water partition coefficient (Wildman–Crippen LogP) is 3.90. The number of amides is 1. The number of benzene rings is 1. The van der Waals surface area contributed by atoms with Gasteiger partial charge in [0.25, 0.3) is 5.91 Å². The molecule has 1 amide bonds. The maximum atomic E-state index is 13.4. The lowest BCUT2D eigenvalue weighted by Gasteiger charge is -2.17. The summed E-state index contributed by atoms with van der Waals surface area (Å²) < 4.78 is 41.0. The van der Waals surface area contributed by atoms with Gasteiger partial charge in [-0.3, -0.25) is 9.48 Å². The molecule has 0 fully saturated rings. The summed E-state index contributed by atoms with van der Waals surface area (Å²) in [7, 11) is 0. The number of aryl methyl sites for hydroxylation is 1. The molecule has 1 aromatic heterocycles. The number of halogens is 3. The van der Waals surface area contributed by atoms with Gasteiger partial charge in [-0.2, -0.15) is 18.3 Å². The van der Waals surface area contributed by atoms with Crippen molar-refractivity contribution in [1.82, 2.24) is 15.1 Å². The van der Waals surface area contributed by atoms with Crippen molar-refractivity contribution in [2.45, 2.75) is 44.9 Å². The minimum Gasteiger partial charge on any atom is -0.345 e. The molecule has 0 saturated carbocycles. The summed E-state index contributed by atoms with van der Waals surface area (Å²) in [5.74, 6) is -0.740. The van der Waals surface area contributed by atoms with E-state index in [0.717, 1.165) is 28.4 Å². The molecule has 7 heteroatoms. The lowest BCUT2D eigenvalue weighted by atomic mass is 10.1. The van der Waals surface area contributed by atoms with E-state index in [1.807, 2.05) is 24.3 Å². The highest BCUT2D eigenvalue weighted by Gasteiger charge is 2.41. The van der Waals surface area contributed by atoms with Crippen LogP contribution in [0, 0.1) is 0 Å². The van der Waals surface area contributed by atoms with Crippen LogP contribution < -0.4 is 5.32 Å². The van der Waals surface area contributed by atoms with Crippen molar-refractivity contribution >= 4 is 5.91 Å². The van der Waals surface area contributed by atoms with E-state index in [-0.39, 0.29) is 6.04 Å². The summed E-state index contributed by atoms with van der Waals surface area (Å²) in [6.07, 6.45) is -2.15. The van der Waals surface area contributed by atoms with Crippen LogP contribution >= 0.6 is 0 Å². The molecule has 1 aliphatic carbocycles. The third-order valence-electron chi connectivity index (χ3n) is 4.24. The van der Waals surface area contributed by atoms with Crippen LogP contribution in [0.5, 0.6) is 0 Å². The number of carbonyl (C=O) groups excluding carboxylic acids is 1. The van der Waals surface area contributed by atoms with Crippen LogP contribution in [0.3, 0.4) is 0 Å². The van der Waals surface area contributed by atoms with Crippen LogP contribution in [0.25, 0.3) is 0 Å². The maximum absolute atomic E-state index is 13.4. The van der Waals surface area contributed by atoms with Crippen LogP contribution in [0.4, 0.5) is 13.2 Å². The normalized spacial score (nSPS) is 17.2. The largest absolute Gasteiger partial charge is 0.433 e. The quantitative estimate of drug-likeness (QED) is 0.923. The standard InChI is InChI=1S/C17H18F3N3O/c1-10(2)23-15(17(18,19)20)13(9-21-23)16(24)22-14-8-7-11-5-3-4-6-12(11)14/h3-6,9-10,14H,7-8H2,1-2H3,(H,22,24)/t14-/m0/s1. The van der Waals surface area contributed by atoms with Gasteiger partial charge in [0.2, 0.25) is 0 Å². The number of alkyl halides is 3. The van der Waals surface area contributed by atoms with E-state index in [9.17, 15) is 18.0 Å². The summed E-state index contributed by atoms with van der Waals surface area (Å²) in [6.45, 7) is 3.19. The molecule has 4 nitrogen and oxygen atoms in total. The number of nitrogens with zero attached hydrogens (tertiary/aromatic N) is 2. The second kappa shape index (κ2) is 5.96. The third-order valence-corrected chi connectivity index (χ3v) is 4.24. The van der Waals surface area contributed by atoms with Crippen molar-refractivity contribution in [2.24, 2.45) is 0 Å². The number of rotatable bonds is 3. The number of hydrogen-bond acceptors (Lipinski definition) is 2. The van der Waals surface area contributed by atoms with E-state index >= 15 is 0 Å². The SMILES string of the molecule is CC(C)n1ncc(C(=O)N[C@H]2CCc3ccccc32)c1C(F)(F)F. The smallest absolute Gasteiger partial charge is 0.345 e. The summed E-state index contributed by atoms with van der Waals surface area (Å²) in [5, 5.41) is 6.48. The zero-order valence-corrected chi connectivity index (χ0v) is 13.4. The molecule has 24 heavy (non-hydrogen) atoms. The second-order valence-corrected chi connectivity index (χ2v) is 6.21. The molecule has 1 atom stereocenters. The Balaban J connectivity index is 1.89. The Hall–Kier alpha value is -2.31. The molecule has 3 rings (SSSR count). The first-order chi connectivity index (χ1) is 11.3. The molecule has 0 bridgehead atoms. The van der Waals surface area contributed by atoms with Gasteiger partial charge >= 0.3 is 6.18 Å². The van der Waals surface area contributed by atoms with E-state index in [0.29, 0.717) is 6.42 Å². The predicted molar refractivity (Wildman–Crippen MR) is 82.6 cm³/mol. The van der Waals surface area contributed by atoms with Crippen molar-refractivity contribution in [3.8, 4) is 0 Å². The van der Waals surface area contributed by atoms with Gasteiger partial charge in [-0.05, 0) is 37.8 Å². The summed E-state index contributed by atoms with van der Waals surface area (Å²) >= 11 is 0. The third kappa shape index (κ3) is 2.90. The second-order valence-electron chi connectivity index (χ2n) is 6.21. The summed E-state index contributed by atoms with van der Waals surface area (Å²) in [4.78, 5) is 12.4. The van der Waals surface area contributed by atoms with E-state index in [1.165, 1.54) is 0 Å². The zero-order chi connectivity index (χ0) is 17.5. The highest BCUT2D eigenvalue weighted by atomic mass is 19.4. The average Bonchev–Trinajstić information content (AvgIpc) is 3.11. The van der Waals surface area contributed by atoms with Gasteiger partial charge in [0.05, 0.1) is 17.8 Å². The Morgan fingerprint density at radius 2 is 2.04 bits per heavy atom. The molecule has 0 saturated heterocycles. The van der Waals surface area contributed by atoms with Crippen molar-refractivity contribution in [3.05, 3.63) is 52.8 Å². The molecular formula is C17H18F3N3O. The highest BCUT2D eigenvalue weighted by Crippen LogP contribution is 2.35. The molecule has 128 valence electrons. The fourth-order valence-electron chi connectivity index (χ4n) is 3.15. The summed E-state index contributed by atoms with van der Waals surface area (Å²) in [6, 6.07) is 6.89. The lowest BCUT2D eigenvalue weighted by Crippen LogP contribution is -2.29. The van der Waals surface area contributed by atoms with Gasteiger partial charge in [-0.1, -0.05) is 24.3 Å². The molecule has 1 aliphatic rings. The minimum absolute atomic E-state index is 0.266. The Morgan fingerprint density at radius 1 is 1.33 bits per heavy atom. The molecule has 1 heterocycles. The summed E-state index contributed by atoms with van der Waals surface area (Å²) in [5.41, 5.74) is 0.661. The van der Waals surface area contributed by atoms with Crippen LogP contribution in [0.2, 0.25) is 0 Å². The van der Waals surface area contributed by atoms with E-state index in [1.54, 1.807) is 13.8 Å². The van der Waals surface area contributed by atoms with E-state index in [4.69, 9.17) is 0 Å². The maximum Gasteiger partial charge on any atom is 0.433 e. The first-order valence-electron chi connectivity index (χ1n) is 7.82. The fourth-order valence-corrected chi connectivity index (χ4v) is 3.15. The van der Waals surface area contributed by atoms with Crippen molar-refractivity contribution < 1.29 is 18.0 Å². The minimum atomic E-state index is -4.64. The van der Waals surface area contributed by atoms with Gasteiger partial charge in [0.1, 0.15) is 0 Å². The number of nitrogens with one attached hydrogen (secondary N) is 1. The molecule has 1 aromatic carbocycles. The Kier molecular flexibility index (Phi) is 4.11. The average molecular weight is 337 g/mol. The molecule has 0 unspecified atom stereocenters. The van der Waals surface area contributed by atoms with Crippen LogP contribution in [-0.2, 0) is 12.6 Å². The molecule has 0 spiro atoms. The number of carbonyl (C=O) groups is 1. The first-order valence-corrected chi connectivity index (χ1v) is 7.82. The Morgan fingerprint density at radius 3 is 2.71 bits per heavy atom. The zero-order valence-electron chi connectivity index (χ0n) is 13.4. The van der Waals surface area contributed by atoms with Crippen LogP contribution in [0.1, 0.15) is 59.5 Å². The lowest BCUT2D eigenvalue weighted by molar-refractivity contribution is -0.145. The number of fused-ring (bicyclic) bond motifs is 1. The first kappa shape index (κ1) is 16.5. The molecule has 1 N–H and O–H groups in total.